The number of nitro benzene ring substituents is 1. The standard InChI is InChI=1S/C19H23N3O5/c1-13(21(2)12-14-5-8-16(26-3)9-6-14)19(23)20-17-11-15(22(24)25)7-10-18(17)27-4/h5-11,13H,12H2,1-4H3,(H,20,23). The average molecular weight is 373 g/mol. The lowest BCUT2D eigenvalue weighted by molar-refractivity contribution is -0.384. The van der Waals surface area contributed by atoms with Crippen LogP contribution in [0.3, 0.4) is 0 Å². The van der Waals surface area contributed by atoms with Crippen LogP contribution in [0.2, 0.25) is 0 Å². The number of non-ortho nitro benzene ring substituents is 1. The Morgan fingerprint density at radius 3 is 2.41 bits per heavy atom. The van der Waals surface area contributed by atoms with Crippen molar-refractivity contribution in [2.75, 3.05) is 26.6 Å². The van der Waals surface area contributed by atoms with E-state index in [1.165, 1.54) is 25.3 Å². The van der Waals surface area contributed by atoms with Gasteiger partial charge in [0.2, 0.25) is 5.91 Å². The molecule has 0 saturated carbocycles. The first-order valence-corrected chi connectivity index (χ1v) is 8.32. The van der Waals surface area contributed by atoms with Gasteiger partial charge in [0.05, 0.1) is 30.9 Å². The highest BCUT2D eigenvalue weighted by atomic mass is 16.6. The summed E-state index contributed by atoms with van der Waals surface area (Å²) in [7, 11) is 4.88. The fourth-order valence-corrected chi connectivity index (χ4v) is 2.50. The van der Waals surface area contributed by atoms with E-state index in [2.05, 4.69) is 5.32 Å². The van der Waals surface area contributed by atoms with E-state index in [4.69, 9.17) is 9.47 Å². The molecular formula is C19H23N3O5. The Hall–Kier alpha value is -3.13. The van der Waals surface area contributed by atoms with Crippen LogP contribution in [-0.2, 0) is 11.3 Å². The summed E-state index contributed by atoms with van der Waals surface area (Å²) in [4.78, 5) is 24.9. The van der Waals surface area contributed by atoms with Gasteiger partial charge in [-0.2, -0.15) is 0 Å². The van der Waals surface area contributed by atoms with Crippen molar-refractivity contribution in [1.82, 2.24) is 4.90 Å². The lowest BCUT2D eigenvalue weighted by Crippen LogP contribution is -2.39. The minimum atomic E-state index is -0.520. The second-order valence-electron chi connectivity index (χ2n) is 6.07. The van der Waals surface area contributed by atoms with Crippen molar-refractivity contribution in [3.05, 3.63) is 58.1 Å². The summed E-state index contributed by atoms with van der Waals surface area (Å²) in [6, 6.07) is 11.2. The smallest absolute Gasteiger partial charge is 0.271 e. The molecule has 0 aliphatic rings. The molecule has 8 heteroatoms. The van der Waals surface area contributed by atoms with Crippen molar-refractivity contribution in [3.8, 4) is 11.5 Å². The Morgan fingerprint density at radius 1 is 1.19 bits per heavy atom. The number of ether oxygens (including phenoxy) is 2. The molecule has 0 aromatic heterocycles. The molecule has 144 valence electrons. The highest BCUT2D eigenvalue weighted by Gasteiger charge is 2.21. The molecule has 2 aromatic carbocycles. The highest BCUT2D eigenvalue weighted by Crippen LogP contribution is 2.29. The third-order valence-corrected chi connectivity index (χ3v) is 4.28. The first-order valence-electron chi connectivity index (χ1n) is 8.32. The molecule has 1 atom stereocenters. The van der Waals surface area contributed by atoms with Crippen molar-refractivity contribution >= 4 is 17.3 Å². The van der Waals surface area contributed by atoms with E-state index in [0.717, 1.165) is 11.3 Å². The van der Waals surface area contributed by atoms with E-state index in [1.54, 1.807) is 14.0 Å². The molecule has 1 amide bonds. The zero-order chi connectivity index (χ0) is 20.0. The highest BCUT2D eigenvalue weighted by molar-refractivity contribution is 5.96. The number of rotatable bonds is 8. The maximum absolute atomic E-state index is 12.6. The predicted molar refractivity (Wildman–Crippen MR) is 102 cm³/mol. The topological polar surface area (TPSA) is 93.9 Å². The van der Waals surface area contributed by atoms with Crippen LogP contribution >= 0.6 is 0 Å². The Balaban J connectivity index is 2.07. The number of nitro groups is 1. The molecule has 1 unspecified atom stereocenters. The van der Waals surface area contributed by atoms with Crippen LogP contribution in [-0.4, -0.2) is 43.0 Å². The third-order valence-electron chi connectivity index (χ3n) is 4.28. The molecule has 2 rings (SSSR count). The largest absolute Gasteiger partial charge is 0.497 e. The minimum Gasteiger partial charge on any atom is -0.497 e. The summed E-state index contributed by atoms with van der Waals surface area (Å²) in [5.74, 6) is 0.841. The van der Waals surface area contributed by atoms with E-state index < -0.39 is 11.0 Å². The summed E-state index contributed by atoms with van der Waals surface area (Å²) in [5.41, 5.74) is 1.18. The maximum Gasteiger partial charge on any atom is 0.271 e. The number of nitrogens with zero attached hydrogens (tertiary/aromatic N) is 2. The number of likely N-dealkylation sites (N-methyl/N-ethyl adjacent to an activating group) is 1. The van der Waals surface area contributed by atoms with E-state index >= 15 is 0 Å². The molecule has 0 bridgehead atoms. The van der Waals surface area contributed by atoms with Gasteiger partial charge in [0.1, 0.15) is 11.5 Å². The Labute approximate surface area is 157 Å². The second-order valence-corrected chi connectivity index (χ2v) is 6.07. The normalized spacial score (nSPS) is 11.7. The molecule has 0 saturated heterocycles. The Morgan fingerprint density at radius 2 is 1.85 bits per heavy atom. The SMILES string of the molecule is COc1ccc(CN(C)C(C)C(=O)Nc2cc([N+](=O)[O-])ccc2OC)cc1. The Kier molecular flexibility index (Phi) is 6.73. The van der Waals surface area contributed by atoms with Crippen LogP contribution in [0.25, 0.3) is 0 Å². The zero-order valence-electron chi connectivity index (χ0n) is 15.8. The summed E-state index contributed by atoms with van der Waals surface area (Å²) < 4.78 is 10.3. The van der Waals surface area contributed by atoms with Gasteiger partial charge < -0.3 is 14.8 Å². The van der Waals surface area contributed by atoms with Crippen LogP contribution in [0.4, 0.5) is 11.4 Å². The van der Waals surface area contributed by atoms with Crippen LogP contribution in [0.15, 0.2) is 42.5 Å². The van der Waals surface area contributed by atoms with Crippen LogP contribution < -0.4 is 14.8 Å². The number of nitrogens with one attached hydrogen (secondary N) is 1. The summed E-state index contributed by atoms with van der Waals surface area (Å²) in [6.45, 7) is 2.33. The van der Waals surface area contributed by atoms with Crippen LogP contribution in [0, 0.1) is 10.1 Å². The summed E-state index contributed by atoms with van der Waals surface area (Å²) >= 11 is 0. The molecular weight excluding hydrogens is 350 g/mol. The number of hydrogen-bond donors (Lipinski definition) is 1. The van der Waals surface area contributed by atoms with Crippen molar-refractivity contribution in [2.24, 2.45) is 0 Å². The van der Waals surface area contributed by atoms with Crippen molar-refractivity contribution in [1.29, 1.82) is 0 Å². The fourth-order valence-electron chi connectivity index (χ4n) is 2.50. The first-order chi connectivity index (χ1) is 12.8. The molecule has 0 aliphatic heterocycles. The van der Waals surface area contributed by atoms with Crippen molar-refractivity contribution < 1.29 is 19.2 Å². The lowest BCUT2D eigenvalue weighted by atomic mass is 10.1. The number of hydrogen-bond acceptors (Lipinski definition) is 6. The number of amides is 1. The number of anilines is 1. The van der Waals surface area contributed by atoms with Gasteiger partial charge >= 0.3 is 0 Å². The molecule has 0 radical (unpaired) electrons. The van der Waals surface area contributed by atoms with Gasteiger partial charge in [-0.3, -0.25) is 19.8 Å². The van der Waals surface area contributed by atoms with Gasteiger partial charge in [0.15, 0.2) is 0 Å². The summed E-state index contributed by atoms with van der Waals surface area (Å²) in [6.07, 6.45) is 0. The van der Waals surface area contributed by atoms with Gasteiger partial charge in [0, 0.05) is 18.7 Å². The number of methoxy groups -OCH3 is 2. The zero-order valence-corrected chi connectivity index (χ0v) is 15.8. The fraction of sp³-hybridized carbons (Fsp3) is 0.316. The average Bonchev–Trinajstić information content (AvgIpc) is 2.67. The van der Waals surface area contributed by atoms with Crippen molar-refractivity contribution in [3.63, 3.8) is 0 Å². The van der Waals surface area contributed by atoms with Gasteiger partial charge in [-0.15, -0.1) is 0 Å². The van der Waals surface area contributed by atoms with E-state index in [1.807, 2.05) is 36.2 Å². The monoisotopic (exact) mass is 373 g/mol. The number of carbonyl (C=O) groups is 1. The Bertz CT molecular complexity index is 807. The molecule has 0 heterocycles. The van der Waals surface area contributed by atoms with Gasteiger partial charge in [-0.1, -0.05) is 12.1 Å². The van der Waals surface area contributed by atoms with Gasteiger partial charge in [-0.25, -0.2) is 0 Å². The summed E-state index contributed by atoms with van der Waals surface area (Å²) in [5, 5.41) is 13.7. The maximum atomic E-state index is 12.6. The molecule has 0 spiro atoms. The second kappa shape index (κ2) is 9.00. The van der Waals surface area contributed by atoms with E-state index in [0.29, 0.717) is 12.3 Å². The molecule has 2 aromatic rings. The molecule has 0 aliphatic carbocycles. The molecule has 0 fully saturated rings. The van der Waals surface area contributed by atoms with Crippen LogP contribution in [0.1, 0.15) is 12.5 Å². The quantitative estimate of drug-likeness (QED) is 0.564. The third kappa shape index (κ3) is 5.18. The van der Waals surface area contributed by atoms with E-state index in [9.17, 15) is 14.9 Å². The predicted octanol–water partition coefficient (Wildman–Crippen LogP) is 3.07. The van der Waals surface area contributed by atoms with Gasteiger partial charge in [-0.05, 0) is 37.7 Å². The number of benzene rings is 2. The first kappa shape index (κ1) is 20.2. The molecule has 1 N–H and O–H groups in total. The lowest BCUT2D eigenvalue weighted by Gasteiger charge is -2.24. The molecule has 8 nitrogen and oxygen atoms in total. The minimum absolute atomic E-state index is 0.120. The van der Waals surface area contributed by atoms with Crippen molar-refractivity contribution in [2.45, 2.75) is 19.5 Å². The van der Waals surface area contributed by atoms with Crippen LogP contribution in [0.5, 0.6) is 11.5 Å². The van der Waals surface area contributed by atoms with Gasteiger partial charge in [0.25, 0.3) is 5.69 Å². The molecule has 27 heavy (non-hydrogen) atoms. The number of carbonyl (C=O) groups excluding carboxylic acids is 1. The van der Waals surface area contributed by atoms with E-state index in [-0.39, 0.29) is 17.3 Å².